The normalized spacial score (nSPS) is 17.5. The lowest BCUT2D eigenvalue weighted by molar-refractivity contribution is -0.0494. The van der Waals surface area contributed by atoms with Crippen LogP contribution >= 0.6 is 0 Å². The topological polar surface area (TPSA) is 46.3 Å². The number of piperidine rings is 1. The van der Waals surface area contributed by atoms with E-state index in [1.807, 2.05) is 31.2 Å². The summed E-state index contributed by atoms with van der Waals surface area (Å²) in [6.45, 7) is 2.05. The summed E-state index contributed by atoms with van der Waals surface area (Å²) in [6.07, 6.45) is 0.748. The Kier molecular flexibility index (Phi) is 3.68. The van der Waals surface area contributed by atoms with E-state index >= 15 is 0 Å². The number of likely N-dealkylation sites (tertiary alicyclic amines) is 1. The van der Waals surface area contributed by atoms with Gasteiger partial charge in [-0.1, -0.05) is 35.0 Å². The maximum Gasteiger partial charge on any atom is 0.259 e. The summed E-state index contributed by atoms with van der Waals surface area (Å²) >= 11 is 0. The first kappa shape index (κ1) is 14.7. The molecule has 0 aliphatic carbocycles. The number of aromatic nitrogens is 1. The van der Waals surface area contributed by atoms with E-state index in [1.54, 1.807) is 0 Å². The molecule has 0 N–H and O–H groups in total. The second-order valence-corrected chi connectivity index (χ2v) is 5.58. The number of amides is 1. The highest BCUT2D eigenvalue weighted by atomic mass is 19.3. The summed E-state index contributed by atoms with van der Waals surface area (Å²) in [5.41, 5.74) is 2.15. The highest BCUT2D eigenvalue weighted by Crippen LogP contribution is 2.30. The molecular formula is C16H16F2N2O2. The highest BCUT2D eigenvalue weighted by molar-refractivity contribution is 5.99. The van der Waals surface area contributed by atoms with E-state index in [-0.39, 0.29) is 31.8 Å². The minimum Gasteiger partial charge on any atom is -0.355 e. The quantitative estimate of drug-likeness (QED) is 0.853. The lowest BCUT2D eigenvalue weighted by atomic mass is 10.0. The van der Waals surface area contributed by atoms with Gasteiger partial charge in [-0.15, -0.1) is 0 Å². The van der Waals surface area contributed by atoms with Crippen LogP contribution in [0, 0.1) is 6.92 Å². The van der Waals surface area contributed by atoms with Crippen molar-refractivity contribution in [3.8, 4) is 11.3 Å². The van der Waals surface area contributed by atoms with Gasteiger partial charge in [0.05, 0.1) is 6.20 Å². The zero-order valence-corrected chi connectivity index (χ0v) is 12.2. The molecule has 6 heteroatoms. The van der Waals surface area contributed by atoms with Gasteiger partial charge in [-0.05, 0) is 6.92 Å². The molecular weight excluding hydrogens is 290 g/mol. The molecule has 1 fully saturated rings. The molecule has 0 bridgehead atoms. The summed E-state index contributed by atoms with van der Waals surface area (Å²) in [5.74, 6) is -2.61. The van der Waals surface area contributed by atoms with E-state index in [1.165, 1.54) is 11.1 Å². The van der Waals surface area contributed by atoms with Crippen molar-refractivity contribution in [1.29, 1.82) is 0 Å². The molecule has 2 aromatic rings. The van der Waals surface area contributed by atoms with E-state index < -0.39 is 5.92 Å². The molecule has 1 saturated heterocycles. The van der Waals surface area contributed by atoms with E-state index in [4.69, 9.17) is 4.52 Å². The Bertz CT molecular complexity index is 670. The molecule has 0 saturated carbocycles. The van der Waals surface area contributed by atoms with Crippen LogP contribution in [0.5, 0.6) is 0 Å². The van der Waals surface area contributed by atoms with E-state index in [0.29, 0.717) is 11.3 Å². The van der Waals surface area contributed by atoms with Crippen molar-refractivity contribution >= 4 is 5.91 Å². The predicted octanol–water partition coefficient (Wildman–Crippen LogP) is 3.52. The van der Waals surface area contributed by atoms with E-state index in [0.717, 1.165) is 11.1 Å². The Balaban J connectivity index is 1.83. The summed E-state index contributed by atoms with van der Waals surface area (Å²) < 4.78 is 31.6. The highest BCUT2D eigenvalue weighted by Gasteiger charge is 2.36. The van der Waals surface area contributed by atoms with Crippen molar-refractivity contribution in [2.75, 3.05) is 13.1 Å². The molecule has 0 atom stereocenters. The number of carbonyl (C=O) groups excluding carboxylic acids is 1. The van der Waals surface area contributed by atoms with Crippen molar-refractivity contribution in [2.24, 2.45) is 0 Å². The van der Waals surface area contributed by atoms with Gasteiger partial charge in [0, 0.05) is 31.5 Å². The second-order valence-electron chi connectivity index (χ2n) is 5.58. The van der Waals surface area contributed by atoms with Gasteiger partial charge in [-0.25, -0.2) is 8.78 Å². The van der Waals surface area contributed by atoms with Gasteiger partial charge in [-0.3, -0.25) is 4.79 Å². The van der Waals surface area contributed by atoms with Gasteiger partial charge in [-0.2, -0.15) is 0 Å². The molecule has 2 heterocycles. The average Bonchev–Trinajstić information content (AvgIpc) is 2.97. The zero-order valence-electron chi connectivity index (χ0n) is 12.2. The summed E-state index contributed by atoms with van der Waals surface area (Å²) in [5, 5.41) is 3.69. The predicted molar refractivity (Wildman–Crippen MR) is 76.8 cm³/mol. The van der Waals surface area contributed by atoms with Crippen LogP contribution in [0.4, 0.5) is 8.78 Å². The Labute approximate surface area is 126 Å². The average molecular weight is 306 g/mol. The van der Waals surface area contributed by atoms with Gasteiger partial charge in [0.15, 0.2) is 5.76 Å². The fourth-order valence-corrected chi connectivity index (χ4v) is 2.51. The molecule has 22 heavy (non-hydrogen) atoms. The minimum atomic E-state index is -2.68. The van der Waals surface area contributed by atoms with Crippen molar-refractivity contribution in [3.05, 3.63) is 41.6 Å². The smallest absolute Gasteiger partial charge is 0.259 e. The van der Waals surface area contributed by atoms with Crippen molar-refractivity contribution in [2.45, 2.75) is 25.7 Å². The SMILES string of the molecule is Cc1ccc(-c2oncc2C(=O)N2CCC(F)(F)CC2)cc1. The Morgan fingerprint density at radius 2 is 1.86 bits per heavy atom. The van der Waals surface area contributed by atoms with Crippen molar-refractivity contribution in [3.63, 3.8) is 0 Å². The number of hydrogen-bond acceptors (Lipinski definition) is 3. The van der Waals surface area contributed by atoms with Crippen LogP contribution in [0.1, 0.15) is 28.8 Å². The van der Waals surface area contributed by atoms with Crippen LogP contribution in [0.2, 0.25) is 0 Å². The lowest BCUT2D eigenvalue weighted by Crippen LogP contribution is -2.42. The number of benzene rings is 1. The van der Waals surface area contributed by atoms with Crippen LogP contribution in [-0.2, 0) is 0 Å². The van der Waals surface area contributed by atoms with Gasteiger partial charge in [0.2, 0.25) is 0 Å². The second kappa shape index (κ2) is 5.51. The number of alkyl halides is 2. The van der Waals surface area contributed by atoms with Crippen molar-refractivity contribution in [1.82, 2.24) is 10.1 Å². The van der Waals surface area contributed by atoms with Gasteiger partial charge in [0.1, 0.15) is 5.56 Å². The van der Waals surface area contributed by atoms with E-state index in [2.05, 4.69) is 5.16 Å². The number of hydrogen-bond donors (Lipinski definition) is 0. The number of halogens is 2. The van der Waals surface area contributed by atoms with Crippen LogP contribution in [0.25, 0.3) is 11.3 Å². The molecule has 0 spiro atoms. The molecule has 1 aliphatic rings. The third-order valence-electron chi connectivity index (χ3n) is 3.90. The van der Waals surface area contributed by atoms with Gasteiger partial charge in [0.25, 0.3) is 11.8 Å². The molecule has 0 unspecified atom stereocenters. The first-order valence-corrected chi connectivity index (χ1v) is 7.15. The maximum absolute atomic E-state index is 13.2. The Morgan fingerprint density at radius 3 is 2.50 bits per heavy atom. The fourth-order valence-electron chi connectivity index (χ4n) is 2.51. The van der Waals surface area contributed by atoms with Gasteiger partial charge < -0.3 is 9.42 Å². The van der Waals surface area contributed by atoms with Crippen LogP contribution in [0.3, 0.4) is 0 Å². The lowest BCUT2D eigenvalue weighted by Gasteiger charge is -2.31. The fraction of sp³-hybridized carbons (Fsp3) is 0.375. The molecule has 1 aromatic heterocycles. The zero-order chi connectivity index (χ0) is 15.7. The number of carbonyl (C=O) groups is 1. The van der Waals surface area contributed by atoms with Crippen LogP contribution in [-0.4, -0.2) is 35.0 Å². The largest absolute Gasteiger partial charge is 0.355 e. The number of aryl methyl sites for hydroxylation is 1. The van der Waals surface area contributed by atoms with Gasteiger partial charge >= 0.3 is 0 Å². The standard InChI is InChI=1S/C16H16F2N2O2/c1-11-2-4-12(5-3-11)14-13(10-19-22-14)15(21)20-8-6-16(17,18)7-9-20/h2-5,10H,6-9H2,1H3. The summed E-state index contributed by atoms with van der Waals surface area (Å²) in [4.78, 5) is 13.9. The summed E-state index contributed by atoms with van der Waals surface area (Å²) in [6, 6.07) is 7.51. The molecule has 1 aliphatic heterocycles. The molecule has 0 radical (unpaired) electrons. The third-order valence-corrected chi connectivity index (χ3v) is 3.90. The molecule has 1 aromatic carbocycles. The van der Waals surface area contributed by atoms with E-state index in [9.17, 15) is 13.6 Å². The van der Waals surface area contributed by atoms with Crippen LogP contribution in [0.15, 0.2) is 35.0 Å². The van der Waals surface area contributed by atoms with Crippen LogP contribution < -0.4 is 0 Å². The first-order chi connectivity index (χ1) is 10.5. The first-order valence-electron chi connectivity index (χ1n) is 7.15. The number of nitrogens with zero attached hydrogens (tertiary/aromatic N) is 2. The maximum atomic E-state index is 13.2. The number of rotatable bonds is 2. The molecule has 4 nitrogen and oxygen atoms in total. The third kappa shape index (κ3) is 2.86. The molecule has 116 valence electrons. The Morgan fingerprint density at radius 1 is 1.23 bits per heavy atom. The summed E-state index contributed by atoms with van der Waals surface area (Å²) in [7, 11) is 0. The Hall–Kier alpha value is -2.24. The minimum absolute atomic E-state index is 0.0460. The molecule has 1 amide bonds. The molecule has 3 rings (SSSR count). The monoisotopic (exact) mass is 306 g/mol. The van der Waals surface area contributed by atoms with Crippen molar-refractivity contribution < 1.29 is 18.1 Å².